The first-order valence-electron chi connectivity index (χ1n) is 4.00. The van der Waals surface area contributed by atoms with Crippen molar-refractivity contribution < 1.29 is 19.7 Å². The molecule has 8 heteroatoms. The molecule has 0 aliphatic rings. The second kappa shape index (κ2) is 3.93. The fraction of sp³-hybridized carbons (Fsp3) is 0.125. The Bertz CT molecular complexity index is 496. The van der Waals surface area contributed by atoms with Gasteiger partial charge in [-0.2, -0.15) is 0 Å². The number of nitro groups is 2. The van der Waals surface area contributed by atoms with Crippen LogP contribution in [0.5, 0.6) is 5.75 Å². The molecule has 1 aromatic carbocycles. The number of phenols is 1. The molecule has 0 saturated heterocycles. The minimum atomic E-state index is -0.968. The van der Waals surface area contributed by atoms with Gasteiger partial charge in [0.1, 0.15) is 5.56 Å². The Labute approximate surface area is 88.4 Å². The van der Waals surface area contributed by atoms with Crippen molar-refractivity contribution in [3.8, 4) is 5.75 Å². The molecule has 0 unspecified atom stereocenters. The summed E-state index contributed by atoms with van der Waals surface area (Å²) in [5, 5.41) is 30.5. The van der Waals surface area contributed by atoms with Gasteiger partial charge >= 0.3 is 5.69 Å². The Hall–Kier alpha value is -2.51. The summed E-state index contributed by atoms with van der Waals surface area (Å²) in [5.74, 6) is -0.858. The summed E-state index contributed by atoms with van der Waals surface area (Å²) in [6.07, 6.45) is 0.120. The van der Waals surface area contributed by atoms with Crippen molar-refractivity contribution in [2.24, 2.45) is 0 Å². The van der Waals surface area contributed by atoms with Gasteiger partial charge in [-0.1, -0.05) is 0 Å². The Morgan fingerprint density at radius 3 is 2.25 bits per heavy atom. The molecule has 0 radical (unpaired) electrons. The Kier molecular flexibility index (Phi) is 2.84. The van der Waals surface area contributed by atoms with E-state index < -0.39 is 32.5 Å². The molecule has 0 saturated carbocycles. The summed E-state index contributed by atoms with van der Waals surface area (Å²) >= 11 is 0. The zero-order chi connectivity index (χ0) is 12.5. The lowest BCUT2D eigenvalue weighted by atomic mass is 10.1. The Morgan fingerprint density at radius 1 is 1.31 bits per heavy atom. The van der Waals surface area contributed by atoms with E-state index in [4.69, 9.17) is 0 Å². The van der Waals surface area contributed by atoms with Crippen LogP contribution in [0.2, 0.25) is 0 Å². The molecule has 84 valence electrons. The van der Waals surface area contributed by atoms with Crippen molar-refractivity contribution in [2.45, 2.75) is 6.92 Å². The van der Waals surface area contributed by atoms with Crippen molar-refractivity contribution in [2.75, 3.05) is 0 Å². The number of nitrogens with zero attached hydrogens (tertiary/aromatic N) is 2. The molecule has 16 heavy (non-hydrogen) atoms. The SMILES string of the molecule is Cc1c([N+](=O)[O-])cc(C=O)c(O)c1[N+](=O)[O-]. The van der Waals surface area contributed by atoms with E-state index in [2.05, 4.69) is 0 Å². The molecule has 1 aromatic rings. The molecule has 0 bridgehead atoms. The molecule has 0 spiro atoms. The lowest BCUT2D eigenvalue weighted by Crippen LogP contribution is -2.00. The molecule has 1 rings (SSSR count). The molecule has 0 heterocycles. The summed E-state index contributed by atoms with van der Waals surface area (Å²) in [4.78, 5) is 29.8. The van der Waals surface area contributed by atoms with E-state index in [-0.39, 0.29) is 11.8 Å². The Morgan fingerprint density at radius 2 is 1.88 bits per heavy atom. The van der Waals surface area contributed by atoms with Crippen LogP contribution in [0.15, 0.2) is 6.07 Å². The largest absolute Gasteiger partial charge is 0.502 e. The molecular weight excluding hydrogens is 220 g/mol. The lowest BCUT2D eigenvalue weighted by molar-refractivity contribution is -0.395. The number of hydrogen-bond acceptors (Lipinski definition) is 6. The standard InChI is InChI=1S/C8H6N2O6/c1-4-6(9(13)14)2-5(3-11)8(12)7(4)10(15)16/h2-3,12H,1H3. The van der Waals surface area contributed by atoms with E-state index in [1.165, 1.54) is 0 Å². The van der Waals surface area contributed by atoms with Crippen molar-refractivity contribution in [3.63, 3.8) is 0 Å². The number of hydrogen-bond donors (Lipinski definition) is 1. The van der Waals surface area contributed by atoms with Gasteiger partial charge in [0.15, 0.2) is 6.29 Å². The van der Waals surface area contributed by atoms with E-state index in [9.17, 15) is 30.1 Å². The van der Waals surface area contributed by atoms with Crippen LogP contribution in [-0.4, -0.2) is 21.2 Å². The number of rotatable bonds is 3. The molecule has 0 aliphatic carbocycles. The maximum Gasteiger partial charge on any atom is 0.321 e. The second-order valence-corrected chi connectivity index (χ2v) is 2.94. The van der Waals surface area contributed by atoms with Gasteiger partial charge in [-0.05, 0) is 6.92 Å². The highest BCUT2D eigenvalue weighted by Crippen LogP contribution is 2.37. The minimum Gasteiger partial charge on any atom is -0.502 e. The molecule has 1 N–H and O–H groups in total. The van der Waals surface area contributed by atoms with Crippen molar-refractivity contribution in [1.29, 1.82) is 0 Å². The number of phenolic OH excluding ortho intramolecular Hbond substituents is 1. The lowest BCUT2D eigenvalue weighted by Gasteiger charge is -2.03. The molecular formula is C8H6N2O6. The van der Waals surface area contributed by atoms with Gasteiger partial charge in [0, 0.05) is 6.07 Å². The van der Waals surface area contributed by atoms with Crippen LogP contribution in [-0.2, 0) is 0 Å². The van der Waals surface area contributed by atoms with E-state index in [1.54, 1.807) is 0 Å². The van der Waals surface area contributed by atoms with Crippen LogP contribution in [0.1, 0.15) is 15.9 Å². The van der Waals surface area contributed by atoms with Gasteiger partial charge in [0.2, 0.25) is 5.75 Å². The summed E-state index contributed by atoms with van der Waals surface area (Å²) in [6.45, 7) is 1.13. The van der Waals surface area contributed by atoms with E-state index in [1.807, 2.05) is 0 Å². The van der Waals surface area contributed by atoms with Crippen molar-refractivity contribution in [3.05, 3.63) is 37.4 Å². The van der Waals surface area contributed by atoms with Gasteiger partial charge in [-0.15, -0.1) is 0 Å². The third-order valence-electron chi connectivity index (χ3n) is 2.04. The topological polar surface area (TPSA) is 124 Å². The zero-order valence-corrected chi connectivity index (χ0v) is 8.04. The van der Waals surface area contributed by atoms with Crippen LogP contribution in [0.3, 0.4) is 0 Å². The quantitative estimate of drug-likeness (QED) is 0.471. The fourth-order valence-electron chi connectivity index (χ4n) is 1.26. The highest BCUT2D eigenvalue weighted by molar-refractivity contribution is 5.85. The van der Waals surface area contributed by atoms with E-state index in [0.29, 0.717) is 0 Å². The van der Waals surface area contributed by atoms with Crippen LogP contribution in [0.4, 0.5) is 11.4 Å². The number of aldehydes is 1. The van der Waals surface area contributed by atoms with Crippen LogP contribution in [0, 0.1) is 27.2 Å². The van der Waals surface area contributed by atoms with E-state index >= 15 is 0 Å². The van der Waals surface area contributed by atoms with Gasteiger partial charge in [-0.3, -0.25) is 25.0 Å². The molecule has 0 atom stereocenters. The predicted molar refractivity (Wildman–Crippen MR) is 51.5 cm³/mol. The number of benzene rings is 1. The summed E-state index contributed by atoms with van der Waals surface area (Å²) in [7, 11) is 0. The first kappa shape index (κ1) is 11.6. The molecule has 8 nitrogen and oxygen atoms in total. The first-order chi connectivity index (χ1) is 7.40. The number of aromatic hydroxyl groups is 1. The maximum atomic E-state index is 10.6. The normalized spacial score (nSPS) is 9.81. The summed E-state index contributed by atoms with van der Waals surface area (Å²) < 4.78 is 0. The van der Waals surface area contributed by atoms with Gasteiger partial charge < -0.3 is 5.11 Å². The predicted octanol–water partition coefficient (Wildman–Crippen LogP) is 1.33. The number of carbonyl (C=O) groups is 1. The average molecular weight is 226 g/mol. The maximum absolute atomic E-state index is 10.6. The summed E-state index contributed by atoms with van der Waals surface area (Å²) in [6, 6.07) is 0.796. The van der Waals surface area contributed by atoms with Crippen molar-refractivity contribution >= 4 is 17.7 Å². The fourth-order valence-corrected chi connectivity index (χ4v) is 1.26. The highest BCUT2D eigenvalue weighted by Gasteiger charge is 2.28. The smallest absolute Gasteiger partial charge is 0.321 e. The van der Waals surface area contributed by atoms with Crippen LogP contribution < -0.4 is 0 Å². The van der Waals surface area contributed by atoms with Crippen LogP contribution in [0.25, 0.3) is 0 Å². The third-order valence-corrected chi connectivity index (χ3v) is 2.04. The van der Waals surface area contributed by atoms with E-state index in [0.717, 1.165) is 13.0 Å². The molecule has 0 aromatic heterocycles. The van der Waals surface area contributed by atoms with Gasteiger partial charge in [-0.25, -0.2) is 0 Å². The molecule has 0 amide bonds. The highest BCUT2D eigenvalue weighted by atomic mass is 16.6. The zero-order valence-electron chi connectivity index (χ0n) is 8.04. The van der Waals surface area contributed by atoms with Gasteiger partial charge in [0.25, 0.3) is 5.69 Å². The second-order valence-electron chi connectivity index (χ2n) is 2.94. The molecule has 0 aliphatic heterocycles. The monoisotopic (exact) mass is 226 g/mol. The number of carbonyl (C=O) groups excluding carboxylic acids is 1. The Balaban J connectivity index is 3.71. The number of nitro benzene ring substituents is 2. The average Bonchev–Trinajstić information content (AvgIpc) is 2.16. The van der Waals surface area contributed by atoms with Gasteiger partial charge in [0.05, 0.1) is 15.4 Å². The summed E-state index contributed by atoms with van der Waals surface area (Å²) in [5.41, 5.74) is -2.18. The first-order valence-corrected chi connectivity index (χ1v) is 4.00. The minimum absolute atomic E-state index is 0.120. The van der Waals surface area contributed by atoms with Crippen molar-refractivity contribution in [1.82, 2.24) is 0 Å². The third kappa shape index (κ3) is 1.67. The van der Waals surface area contributed by atoms with Crippen LogP contribution >= 0.6 is 0 Å². The molecule has 0 fully saturated rings.